The molecule has 176 valence electrons. The summed E-state index contributed by atoms with van der Waals surface area (Å²) in [7, 11) is 0. The average Bonchev–Trinajstić information content (AvgIpc) is 2.77. The van der Waals surface area contributed by atoms with Crippen LogP contribution >= 0.6 is 0 Å². The van der Waals surface area contributed by atoms with E-state index < -0.39 is 10.9 Å². The van der Waals surface area contributed by atoms with Crippen LogP contribution in [-0.2, 0) is 0 Å². The van der Waals surface area contributed by atoms with Crippen molar-refractivity contribution in [1.29, 1.82) is 0 Å². The number of benzene rings is 1. The lowest BCUT2D eigenvalue weighted by molar-refractivity contribution is -0.384. The molecule has 0 heterocycles. The van der Waals surface area contributed by atoms with Crippen molar-refractivity contribution in [2.45, 2.75) is 79.6 Å². The van der Waals surface area contributed by atoms with E-state index in [4.69, 9.17) is 5.11 Å². The molecule has 0 spiro atoms. The molecule has 0 aliphatic heterocycles. The zero-order valence-corrected chi connectivity index (χ0v) is 20.3. The second-order valence-electron chi connectivity index (χ2n) is 7.84. The molecule has 0 fully saturated rings. The third-order valence-electron chi connectivity index (χ3n) is 4.99. The van der Waals surface area contributed by atoms with E-state index >= 15 is 0 Å². The van der Waals surface area contributed by atoms with Gasteiger partial charge in [0.15, 0.2) is 0 Å². The standard InChI is InChI=1S/C20H34.C7H5NO4/c1-6-8-9-10-13-19(4)16-12-17-20(5)15-11-14-18(3)7-2;9-7(10)5-1-3-6(4-2-5)8(11)12/h7-9,15-16H,6,10-14,17H2,1-5H3;1-4H,(H,9,10)/b9-8?,18-7-,19-16+,20-15+;. The summed E-state index contributed by atoms with van der Waals surface area (Å²) in [5.41, 5.74) is 4.48. The smallest absolute Gasteiger partial charge is 0.335 e. The van der Waals surface area contributed by atoms with Gasteiger partial charge in [0.1, 0.15) is 0 Å². The number of carboxylic acid groups (broad SMARTS) is 1. The number of aromatic carboxylic acids is 1. The van der Waals surface area contributed by atoms with Gasteiger partial charge in [-0.05, 0) is 84.8 Å². The van der Waals surface area contributed by atoms with Crippen LogP contribution in [-0.4, -0.2) is 16.0 Å². The summed E-state index contributed by atoms with van der Waals surface area (Å²) in [6.07, 6.45) is 19.9. The summed E-state index contributed by atoms with van der Waals surface area (Å²) in [5, 5.41) is 18.6. The van der Waals surface area contributed by atoms with Crippen molar-refractivity contribution >= 4 is 11.7 Å². The molecule has 0 aliphatic rings. The summed E-state index contributed by atoms with van der Waals surface area (Å²) in [4.78, 5) is 19.9. The highest BCUT2D eigenvalue weighted by atomic mass is 16.6. The molecule has 0 saturated carbocycles. The molecule has 0 bridgehead atoms. The van der Waals surface area contributed by atoms with Crippen LogP contribution < -0.4 is 0 Å². The molecule has 0 radical (unpaired) electrons. The van der Waals surface area contributed by atoms with E-state index in [2.05, 4.69) is 65.0 Å². The van der Waals surface area contributed by atoms with Gasteiger partial charge in [-0.3, -0.25) is 10.1 Å². The third-order valence-corrected chi connectivity index (χ3v) is 4.99. The lowest BCUT2D eigenvalue weighted by atomic mass is 10.0. The molecule has 0 aromatic heterocycles. The van der Waals surface area contributed by atoms with E-state index in [-0.39, 0.29) is 11.3 Å². The minimum Gasteiger partial charge on any atom is -0.478 e. The Hall–Kier alpha value is -2.95. The van der Waals surface area contributed by atoms with Crippen LogP contribution in [0.4, 0.5) is 5.69 Å². The molecular weight excluding hydrogens is 402 g/mol. The number of carboxylic acids is 1. The van der Waals surface area contributed by atoms with Crippen molar-refractivity contribution in [1.82, 2.24) is 0 Å². The van der Waals surface area contributed by atoms with E-state index in [0.29, 0.717) is 0 Å². The molecule has 1 aromatic carbocycles. The number of rotatable bonds is 12. The van der Waals surface area contributed by atoms with Gasteiger partial charge in [0, 0.05) is 12.1 Å². The monoisotopic (exact) mass is 441 g/mol. The first-order chi connectivity index (χ1) is 15.2. The highest BCUT2D eigenvalue weighted by Crippen LogP contribution is 2.13. The number of nitrogens with zero attached hydrogens (tertiary/aromatic N) is 1. The van der Waals surface area contributed by atoms with E-state index in [1.54, 1.807) is 0 Å². The summed E-state index contributed by atoms with van der Waals surface area (Å²) in [5.74, 6) is -1.09. The molecule has 0 amide bonds. The van der Waals surface area contributed by atoms with Crippen LogP contribution in [0.2, 0.25) is 0 Å². The maximum absolute atomic E-state index is 10.3. The van der Waals surface area contributed by atoms with Crippen LogP contribution in [0.15, 0.2) is 71.4 Å². The molecule has 5 heteroatoms. The quantitative estimate of drug-likeness (QED) is 0.200. The lowest BCUT2D eigenvalue weighted by Gasteiger charge is -2.02. The third kappa shape index (κ3) is 14.9. The molecule has 32 heavy (non-hydrogen) atoms. The number of carbonyl (C=O) groups is 1. The van der Waals surface area contributed by atoms with E-state index in [0.717, 1.165) is 18.6 Å². The Balaban J connectivity index is 0.000000677. The second-order valence-corrected chi connectivity index (χ2v) is 7.84. The molecule has 0 atom stereocenters. The predicted octanol–water partition coefficient (Wildman–Crippen LogP) is 8.45. The molecule has 1 N–H and O–H groups in total. The Bertz CT molecular complexity index is 782. The van der Waals surface area contributed by atoms with Crippen molar-refractivity contribution < 1.29 is 14.8 Å². The van der Waals surface area contributed by atoms with Crippen molar-refractivity contribution in [3.63, 3.8) is 0 Å². The van der Waals surface area contributed by atoms with Crippen LogP contribution in [0.1, 0.15) is 89.9 Å². The van der Waals surface area contributed by atoms with Gasteiger partial charge in [-0.2, -0.15) is 0 Å². The highest BCUT2D eigenvalue weighted by molar-refractivity contribution is 5.87. The number of hydrogen-bond acceptors (Lipinski definition) is 3. The fourth-order valence-electron chi connectivity index (χ4n) is 2.76. The first kappa shape index (κ1) is 29.1. The van der Waals surface area contributed by atoms with Crippen molar-refractivity contribution in [3.8, 4) is 0 Å². The van der Waals surface area contributed by atoms with E-state index in [1.807, 2.05) is 0 Å². The Labute approximate surface area is 193 Å². The van der Waals surface area contributed by atoms with E-state index in [9.17, 15) is 14.9 Å². The summed E-state index contributed by atoms with van der Waals surface area (Å²) in [6.45, 7) is 11.0. The number of allylic oxidation sites excluding steroid dienone is 8. The Morgan fingerprint density at radius 3 is 1.84 bits per heavy atom. The number of nitro benzene ring substituents is 1. The summed E-state index contributed by atoms with van der Waals surface area (Å²) < 4.78 is 0. The van der Waals surface area contributed by atoms with Crippen LogP contribution in [0.5, 0.6) is 0 Å². The molecular formula is C27H39NO4. The molecule has 1 rings (SSSR count). The molecule has 1 aromatic rings. The molecule has 0 aliphatic carbocycles. The molecule has 0 saturated heterocycles. The average molecular weight is 442 g/mol. The number of nitro groups is 1. The maximum Gasteiger partial charge on any atom is 0.335 e. The van der Waals surface area contributed by atoms with Gasteiger partial charge in [-0.15, -0.1) is 0 Å². The van der Waals surface area contributed by atoms with Crippen LogP contribution in [0.25, 0.3) is 0 Å². The normalized spacial score (nSPS) is 12.5. The maximum atomic E-state index is 10.3. The van der Waals surface area contributed by atoms with E-state index in [1.165, 1.54) is 67.4 Å². The van der Waals surface area contributed by atoms with Crippen LogP contribution in [0.3, 0.4) is 0 Å². The van der Waals surface area contributed by atoms with Crippen molar-refractivity contribution in [2.75, 3.05) is 0 Å². The Morgan fingerprint density at radius 1 is 0.906 bits per heavy atom. The predicted molar refractivity (Wildman–Crippen MR) is 134 cm³/mol. The first-order valence-corrected chi connectivity index (χ1v) is 11.3. The SMILES string of the molecule is C/C=C(/C)CC/C=C(\C)CC/C=C(\C)CCC=CCC.O=C(O)c1ccc([N+](=O)[O-])cc1. The first-order valence-electron chi connectivity index (χ1n) is 11.3. The van der Waals surface area contributed by atoms with Crippen molar-refractivity contribution in [3.05, 3.63) is 87.0 Å². The number of hydrogen-bond donors (Lipinski definition) is 1. The largest absolute Gasteiger partial charge is 0.478 e. The van der Waals surface area contributed by atoms with Gasteiger partial charge in [0.25, 0.3) is 5.69 Å². The zero-order valence-electron chi connectivity index (χ0n) is 20.3. The minimum absolute atomic E-state index is 0.0422. The van der Waals surface area contributed by atoms with Gasteiger partial charge in [-0.1, -0.05) is 54.0 Å². The number of non-ortho nitro benzene ring substituents is 1. The van der Waals surface area contributed by atoms with Crippen molar-refractivity contribution in [2.24, 2.45) is 0 Å². The van der Waals surface area contributed by atoms with Gasteiger partial charge in [-0.25, -0.2) is 4.79 Å². The van der Waals surface area contributed by atoms with Gasteiger partial charge >= 0.3 is 5.97 Å². The Morgan fingerprint density at radius 2 is 1.41 bits per heavy atom. The zero-order chi connectivity index (χ0) is 24.4. The van der Waals surface area contributed by atoms with Crippen LogP contribution in [0, 0.1) is 10.1 Å². The summed E-state index contributed by atoms with van der Waals surface area (Å²) in [6, 6.07) is 4.70. The minimum atomic E-state index is -1.09. The summed E-state index contributed by atoms with van der Waals surface area (Å²) >= 11 is 0. The second kappa shape index (κ2) is 17.7. The molecule has 0 unspecified atom stereocenters. The molecule has 5 nitrogen and oxygen atoms in total. The Kier molecular flexibility index (Phi) is 16.1. The topological polar surface area (TPSA) is 80.4 Å². The fraction of sp³-hybridized carbons (Fsp3) is 0.444. The van der Waals surface area contributed by atoms with Gasteiger partial charge < -0.3 is 5.11 Å². The van der Waals surface area contributed by atoms with Gasteiger partial charge in [0.05, 0.1) is 10.5 Å². The lowest BCUT2D eigenvalue weighted by Crippen LogP contribution is -1.96. The van der Waals surface area contributed by atoms with Gasteiger partial charge in [0.2, 0.25) is 0 Å². The highest BCUT2D eigenvalue weighted by Gasteiger charge is 2.06. The fourth-order valence-corrected chi connectivity index (χ4v) is 2.76.